The molecule has 1 aromatic rings. The number of rotatable bonds is 2. The Balaban J connectivity index is 2.49. The standard InChI is InChI=1S/C15H17N/c1-12(2)11-14-10-9-13-7-5-3-4-6-8-15(13)16-14/h3-10,12H,11H2,1-2H3/b4-3?,5-3-,6-4-,7-5?,8-6?,13-7-,15-8+. The monoisotopic (exact) mass is 211 g/mol. The molecule has 0 saturated heterocycles. The van der Waals surface area contributed by atoms with E-state index in [0.29, 0.717) is 5.92 Å². The van der Waals surface area contributed by atoms with Crippen LogP contribution in [-0.2, 0) is 6.42 Å². The number of fused-ring (bicyclic) bond motifs is 1. The molecule has 0 aromatic carbocycles. The summed E-state index contributed by atoms with van der Waals surface area (Å²) in [4.78, 5) is 4.68. The fourth-order valence-corrected chi connectivity index (χ4v) is 1.77. The maximum absolute atomic E-state index is 4.68. The predicted molar refractivity (Wildman–Crippen MR) is 69.2 cm³/mol. The summed E-state index contributed by atoms with van der Waals surface area (Å²) < 4.78 is 0. The number of hydrogen-bond donors (Lipinski definition) is 0. The molecule has 1 nitrogen and oxygen atoms in total. The Morgan fingerprint density at radius 2 is 1.75 bits per heavy atom. The lowest BCUT2D eigenvalue weighted by molar-refractivity contribution is 0.634. The van der Waals surface area contributed by atoms with Crippen molar-refractivity contribution in [3.8, 4) is 0 Å². The van der Waals surface area contributed by atoms with Crippen LogP contribution >= 0.6 is 0 Å². The Morgan fingerprint density at radius 3 is 2.50 bits per heavy atom. The van der Waals surface area contributed by atoms with Gasteiger partial charge in [-0.15, -0.1) is 0 Å². The van der Waals surface area contributed by atoms with Gasteiger partial charge in [0, 0.05) is 10.9 Å². The fraction of sp³-hybridized carbons (Fsp3) is 0.267. The van der Waals surface area contributed by atoms with Crippen LogP contribution in [0.25, 0.3) is 12.2 Å². The molecule has 0 bridgehead atoms. The average molecular weight is 211 g/mol. The average Bonchev–Trinajstić information content (AvgIpc) is 2.19. The van der Waals surface area contributed by atoms with E-state index in [1.165, 1.54) is 10.9 Å². The third-order valence-corrected chi connectivity index (χ3v) is 2.50. The van der Waals surface area contributed by atoms with Gasteiger partial charge in [-0.1, -0.05) is 50.3 Å². The van der Waals surface area contributed by atoms with Gasteiger partial charge in [0.2, 0.25) is 0 Å². The molecule has 16 heavy (non-hydrogen) atoms. The summed E-state index contributed by atoms with van der Waals surface area (Å²) in [5.74, 6) is 0.651. The third kappa shape index (κ3) is 2.69. The van der Waals surface area contributed by atoms with Crippen molar-refractivity contribution in [3.63, 3.8) is 0 Å². The number of aromatic nitrogens is 1. The molecule has 82 valence electrons. The van der Waals surface area contributed by atoms with Crippen LogP contribution in [0.5, 0.6) is 0 Å². The highest BCUT2D eigenvalue weighted by atomic mass is 14.7. The largest absolute Gasteiger partial charge is 0.253 e. The minimum atomic E-state index is 0.651. The Bertz CT molecular complexity index is 533. The van der Waals surface area contributed by atoms with Crippen molar-refractivity contribution in [1.29, 1.82) is 0 Å². The van der Waals surface area contributed by atoms with Gasteiger partial charge < -0.3 is 0 Å². The van der Waals surface area contributed by atoms with Crippen molar-refractivity contribution in [3.05, 3.63) is 52.7 Å². The van der Waals surface area contributed by atoms with E-state index in [1.54, 1.807) is 0 Å². The molecule has 0 radical (unpaired) electrons. The summed E-state index contributed by atoms with van der Waals surface area (Å²) in [6.07, 6.45) is 13.3. The molecule has 1 aromatic heterocycles. The van der Waals surface area contributed by atoms with E-state index in [2.05, 4.69) is 43.1 Å². The first kappa shape index (κ1) is 10.9. The molecular formula is C15H17N. The Kier molecular flexibility index (Phi) is 3.35. The Morgan fingerprint density at radius 1 is 1.00 bits per heavy atom. The van der Waals surface area contributed by atoms with Crippen LogP contribution in [0.15, 0.2) is 36.4 Å². The summed E-state index contributed by atoms with van der Waals surface area (Å²) in [5, 5.41) is 2.26. The molecule has 1 heterocycles. The second-order valence-electron chi connectivity index (χ2n) is 4.48. The normalized spacial score (nSPS) is 21.9. The summed E-state index contributed by atoms with van der Waals surface area (Å²) in [6.45, 7) is 4.44. The molecule has 0 unspecified atom stereocenters. The minimum Gasteiger partial charge on any atom is -0.253 e. The van der Waals surface area contributed by atoms with Gasteiger partial charge in [-0.05, 0) is 24.5 Å². The van der Waals surface area contributed by atoms with Gasteiger partial charge in [0.05, 0.1) is 5.35 Å². The van der Waals surface area contributed by atoms with Crippen LogP contribution < -0.4 is 10.6 Å². The Hall–Kier alpha value is -1.63. The molecule has 0 saturated carbocycles. The van der Waals surface area contributed by atoms with Crippen molar-refractivity contribution in [2.24, 2.45) is 5.92 Å². The fourth-order valence-electron chi connectivity index (χ4n) is 1.77. The van der Waals surface area contributed by atoms with E-state index >= 15 is 0 Å². The van der Waals surface area contributed by atoms with E-state index in [-0.39, 0.29) is 0 Å². The Labute approximate surface area is 96.5 Å². The van der Waals surface area contributed by atoms with Crippen molar-refractivity contribution in [1.82, 2.24) is 4.98 Å². The molecule has 0 spiro atoms. The van der Waals surface area contributed by atoms with Crippen molar-refractivity contribution in [2.75, 3.05) is 0 Å². The summed E-state index contributed by atoms with van der Waals surface area (Å²) in [5.41, 5.74) is 1.18. The molecule has 1 aliphatic rings. The molecular weight excluding hydrogens is 194 g/mol. The zero-order chi connectivity index (χ0) is 11.4. The van der Waals surface area contributed by atoms with Gasteiger partial charge in [-0.2, -0.15) is 0 Å². The van der Waals surface area contributed by atoms with Crippen LogP contribution in [0.2, 0.25) is 0 Å². The second-order valence-corrected chi connectivity index (χ2v) is 4.48. The molecule has 2 rings (SSSR count). The molecule has 0 N–H and O–H groups in total. The first-order chi connectivity index (χ1) is 7.75. The quantitative estimate of drug-likeness (QED) is 0.729. The van der Waals surface area contributed by atoms with Crippen LogP contribution in [0.4, 0.5) is 0 Å². The summed E-state index contributed by atoms with van der Waals surface area (Å²) in [6, 6.07) is 4.28. The van der Waals surface area contributed by atoms with Crippen LogP contribution in [0.1, 0.15) is 19.5 Å². The zero-order valence-corrected chi connectivity index (χ0v) is 9.85. The third-order valence-electron chi connectivity index (χ3n) is 2.50. The van der Waals surface area contributed by atoms with Crippen LogP contribution in [0.3, 0.4) is 0 Å². The molecule has 1 heteroatoms. The topological polar surface area (TPSA) is 12.9 Å². The summed E-state index contributed by atoms with van der Waals surface area (Å²) >= 11 is 0. The van der Waals surface area contributed by atoms with Crippen molar-refractivity contribution in [2.45, 2.75) is 20.3 Å². The summed E-state index contributed by atoms with van der Waals surface area (Å²) in [7, 11) is 0. The van der Waals surface area contributed by atoms with Crippen molar-refractivity contribution < 1.29 is 0 Å². The highest BCUT2D eigenvalue weighted by Crippen LogP contribution is 2.01. The maximum Gasteiger partial charge on any atom is 0.0705 e. The zero-order valence-electron chi connectivity index (χ0n) is 9.85. The first-order valence-corrected chi connectivity index (χ1v) is 5.77. The number of hydrogen-bond acceptors (Lipinski definition) is 1. The van der Waals surface area contributed by atoms with Gasteiger partial charge in [-0.25, -0.2) is 0 Å². The number of nitrogens with zero attached hydrogens (tertiary/aromatic N) is 1. The lowest BCUT2D eigenvalue weighted by atomic mass is 10.1. The van der Waals surface area contributed by atoms with Gasteiger partial charge in [0.1, 0.15) is 0 Å². The number of pyridine rings is 1. The molecule has 1 aliphatic carbocycles. The van der Waals surface area contributed by atoms with E-state index in [1.807, 2.05) is 24.3 Å². The predicted octanol–water partition coefficient (Wildman–Crippen LogP) is 1.97. The molecule has 0 aliphatic heterocycles. The highest BCUT2D eigenvalue weighted by Gasteiger charge is 1.98. The van der Waals surface area contributed by atoms with E-state index in [4.69, 9.17) is 0 Å². The number of allylic oxidation sites excluding steroid dienone is 4. The van der Waals surface area contributed by atoms with Crippen LogP contribution in [-0.4, -0.2) is 4.98 Å². The van der Waals surface area contributed by atoms with Gasteiger partial charge in [-0.3, -0.25) is 4.98 Å². The van der Waals surface area contributed by atoms with E-state index in [9.17, 15) is 0 Å². The maximum atomic E-state index is 4.68. The van der Waals surface area contributed by atoms with E-state index in [0.717, 1.165) is 11.8 Å². The van der Waals surface area contributed by atoms with Gasteiger partial charge in [0.25, 0.3) is 0 Å². The van der Waals surface area contributed by atoms with Crippen molar-refractivity contribution >= 4 is 12.2 Å². The second kappa shape index (κ2) is 4.93. The first-order valence-electron chi connectivity index (χ1n) is 5.77. The highest BCUT2D eigenvalue weighted by molar-refractivity contribution is 5.46. The SMILES string of the molecule is CC(C)Cc1ccc2/c(n1)=C\C=C/C=C\C=2. The smallest absolute Gasteiger partial charge is 0.0705 e. The molecule has 0 fully saturated rings. The van der Waals surface area contributed by atoms with Gasteiger partial charge in [0.15, 0.2) is 0 Å². The van der Waals surface area contributed by atoms with E-state index < -0.39 is 0 Å². The minimum absolute atomic E-state index is 0.651. The van der Waals surface area contributed by atoms with Crippen LogP contribution in [0, 0.1) is 5.92 Å². The molecule has 0 amide bonds. The van der Waals surface area contributed by atoms with Gasteiger partial charge >= 0.3 is 0 Å². The lowest BCUT2D eigenvalue weighted by Gasteiger charge is -2.03. The lowest BCUT2D eigenvalue weighted by Crippen LogP contribution is -2.29. The molecule has 0 atom stereocenters.